The van der Waals surface area contributed by atoms with Gasteiger partial charge in [0.05, 0.1) is 16.9 Å². The van der Waals surface area contributed by atoms with E-state index >= 15 is 0 Å². The molecule has 0 unspecified atom stereocenters. The molecule has 0 saturated carbocycles. The Kier molecular flexibility index (Phi) is 6.68. The summed E-state index contributed by atoms with van der Waals surface area (Å²) in [7, 11) is 0. The van der Waals surface area contributed by atoms with Crippen molar-refractivity contribution in [1.29, 1.82) is 0 Å². The van der Waals surface area contributed by atoms with Gasteiger partial charge in [-0.25, -0.2) is 0 Å². The molecule has 0 aliphatic rings. The van der Waals surface area contributed by atoms with Crippen molar-refractivity contribution in [3.63, 3.8) is 0 Å². The van der Waals surface area contributed by atoms with Gasteiger partial charge in [0.2, 0.25) is 6.71 Å². The fourth-order valence-electron chi connectivity index (χ4n) is 6.88. The molecular weight excluding hydrogens is 483 g/mol. The second kappa shape index (κ2) is 10.3. The highest BCUT2D eigenvalue weighted by molar-refractivity contribution is 6.98. The Hall–Kier alpha value is -4.37. The van der Waals surface area contributed by atoms with E-state index in [1.165, 1.54) is 60.7 Å². The molecule has 0 aliphatic carbocycles. The van der Waals surface area contributed by atoms with Crippen LogP contribution in [0.25, 0.3) is 28.0 Å². The van der Waals surface area contributed by atoms with Gasteiger partial charge in [0.15, 0.2) is 0 Å². The van der Waals surface area contributed by atoms with Crippen LogP contribution in [-0.2, 0) is 0 Å². The molecule has 0 fully saturated rings. The highest BCUT2D eigenvalue weighted by atomic mass is 15.0. The number of aryl methyl sites for hydroxylation is 6. The number of benzene rings is 4. The molecule has 0 amide bonds. The molecule has 2 heterocycles. The van der Waals surface area contributed by atoms with Gasteiger partial charge in [0.25, 0.3) is 0 Å². The number of nitrogens with zero attached hydrogens (tertiary/aromatic N) is 2. The number of aromatic nitrogens is 2. The van der Waals surface area contributed by atoms with E-state index < -0.39 is 0 Å². The highest BCUT2D eigenvalue weighted by Gasteiger charge is 2.35. The normalized spacial score (nSPS) is 11.2. The molecule has 196 valence electrons. The number of hydrogen-bond acceptors (Lipinski definition) is 1. The van der Waals surface area contributed by atoms with Gasteiger partial charge in [-0.3, -0.25) is 4.98 Å². The molecule has 4 aromatic carbocycles. The molecule has 3 heteroatoms. The van der Waals surface area contributed by atoms with Gasteiger partial charge in [0.1, 0.15) is 0 Å². The second-order valence-corrected chi connectivity index (χ2v) is 11.2. The Labute approximate surface area is 238 Å². The minimum atomic E-state index is 0.0352. The van der Waals surface area contributed by atoms with Crippen molar-refractivity contribution in [3.8, 4) is 17.1 Å². The van der Waals surface area contributed by atoms with E-state index in [0.29, 0.717) is 0 Å². The monoisotopic (exact) mass is 518 g/mol. The van der Waals surface area contributed by atoms with Crippen LogP contribution < -0.4 is 16.4 Å². The lowest BCUT2D eigenvalue weighted by atomic mass is 9.33. The molecule has 2 nitrogen and oxygen atoms in total. The van der Waals surface area contributed by atoms with Gasteiger partial charge >= 0.3 is 0 Å². The first-order chi connectivity index (χ1) is 19.3. The largest absolute Gasteiger partial charge is 0.308 e. The maximum Gasteiger partial charge on any atom is 0.246 e. The lowest BCUT2D eigenvalue weighted by molar-refractivity contribution is 1.12. The molecule has 0 atom stereocenters. The van der Waals surface area contributed by atoms with Crippen LogP contribution in [0.4, 0.5) is 0 Å². The summed E-state index contributed by atoms with van der Waals surface area (Å²) >= 11 is 0. The van der Waals surface area contributed by atoms with E-state index in [9.17, 15) is 0 Å². The molecule has 6 aromatic rings. The van der Waals surface area contributed by atoms with Crippen LogP contribution in [0.1, 0.15) is 33.4 Å². The molecule has 0 saturated heterocycles. The van der Waals surface area contributed by atoms with Crippen LogP contribution in [0.3, 0.4) is 0 Å². The third-order valence-corrected chi connectivity index (χ3v) is 8.18. The average molecular weight is 519 g/mol. The number of hydrogen-bond donors (Lipinski definition) is 0. The summed E-state index contributed by atoms with van der Waals surface area (Å²) in [4.78, 5) is 4.96. The number of para-hydroxylation sites is 2. The van der Waals surface area contributed by atoms with Crippen LogP contribution in [0, 0.1) is 41.5 Å². The number of rotatable bonds is 5. The topological polar surface area (TPSA) is 17.8 Å². The van der Waals surface area contributed by atoms with Crippen molar-refractivity contribution in [2.75, 3.05) is 0 Å². The van der Waals surface area contributed by atoms with Crippen molar-refractivity contribution in [3.05, 3.63) is 137 Å². The molecule has 0 radical (unpaired) electrons. The van der Waals surface area contributed by atoms with Crippen molar-refractivity contribution in [1.82, 2.24) is 9.55 Å². The fraction of sp³-hybridized carbons (Fsp3) is 0.162. The van der Waals surface area contributed by atoms with E-state index in [1.54, 1.807) is 0 Å². The number of pyridine rings is 1. The molecule has 0 spiro atoms. The minimum Gasteiger partial charge on any atom is -0.308 e. The molecule has 0 bridgehead atoms. The summed E-state index contributed by atoms with van der Waals surface area (Å²) < 4.78 is 2.41. The van der Waals surface area contributed by atoms with Gasteiger partial charge in [0, 0.05) is 11.9 Å². The molecule has 2 aromatic heterocycles. The van der Waals surface area contributed by atoms with E-state index in [4.69, 9.17) is 4.98 Å². The molecule has 40 heavy (non-hydrogen) atoms. The Morgan fingerprint density at radius 2 is 1.07 bits per heavy atom. The molecular formula is C37H35BN2. The van der Waals surface area contributed by atoms with Crippen molar-refractivity contribution in [2.24, 2.45) is 0 Å². The van der Waals surface area contributed by atoms with Crippen LogP contribution in [0.5, 0.6) is 0 Å². The summed E-state index contributed by atoms with van der Waals surface area (Å²) in [5.74, 6) is 0. The third kappa shape index (κ3) is 4.36. The second-order valence-electron chi connectivity index (χ2n) is 11.2. The first kappa shape index (κ1) is 25.9. The zero-order valence-corrected chi connectivity index (χ0v) is 24.3. The zero-order chi connectivity index (χ0) is 28.0. The summed E-state index contributed by atoms with van der Waals surface area (Å²) in [6.07, 6.45) is 1.91. The van der Waals surface area contributed by atoms with E-state index in [2.05, 4.69) is 137 Å². The van der Waals surface area contributed by atoms with Crippen LogP contribution >= 0.6 is 0 Å². The maximum absolute atomic E-state index is 4.96. The summed E-state index contributed by atoms with van der Waals surface area (Å²) in [5, 5.41) is 1.26. The van der Waals surface area contributed by atoms with Crippen LogP contribution in [-0.4, -0.2) is 16.3 Å². The first-order valence-corrected chi connectivity index (χ1v) is 14.1. The van der Waals surface area contributed by atoms with Gasteiger partial charge in [-0.15, -0.1) is 0 Å². The third-order valence-electron chi connectivity index (χ3n) is 8.18. The Balaban J connectivity index is 1.85. The predicted molar refractivity (Wildman–Crippen MR) is 172 cm³/mol. The Morgan fingerprint density at radius 1 is 0.550 bits per heavy atom. The van der Waals surface area contributed by atoms with Crippen molar-refractivity contribution >= 4 is 34.0 Å². The average Bonchev–Trinajstić information content (AvgIpc) is 3.27. The zero-order valence-electron chi connectivity index (χ0n) is 24.3. The number of fused-ring (bicyclic) bond motifs is 1. The fourth-order valence-corrected chi connectivity index (χ4v) is 6.88. The van der Waals surface area contributed by atoms with Gasteiger partial charge in [-0.2, -0.15) is 0 Å². The van der Waals surface area contributed by atoms with Crippen molar-refractivity contribution in [2.45, 2.75) is 41.5 Å². The minimum absolute atomic E-state index is 0.0352. The van der Waals surface area contributed by atoms with E-state index in [-0.39, 0.29) is 6.71 Å². The molecule has 0 aliphatic heterocycles. The first-order valence-electron chi connectivity index (χ1n) is 14.1. The highest BCUT2D eigenvalue weighted by Crippen LogP contribution is 2.30. The van der Waals surface area contributed by atoms with Gasteiger partial charge in [-0.1, -0.05) is 111 Å². The molecule has 6 rings (SSSR count). The summed E-state index contributed by atoms with van der Waals surface area (Å²) in [5.41, 5.74) is 16.4. The molecule has 0 N–H and O–H groups in total. The standard InChI is InChI=1S/C37H35BN2/c1-24-20-26(3)34(27(4)21-24)38(35-28(5)22-25(2)23-29(35)6)36-31-16-10-11-18-33(31)40(30-14-8-7-9-15-30)37(36)32-17-12-13-19-39-32/h7-23H,1-6H3. The van der Waals surface area contributed by atoms with E-state index in [1.807, 2.05) is 12.3 Å². The maximum atomic E-state index is 4.96. The Bertz CT molecular complexity index is 1750. The summed E-state index contributed by atoms with van der Waals surface area (Å²) in [6, 6.07) is 35.2. The SMILES string of the molecule is Cc1cc(C)c(B(c2c(C)cc(C)cc2C)c2c(-c3ccccn3)n(-c3ccccc3)c3ccccc23)c(C)c1. The lowest BCUT2D eigenvalue weighted by Crippen LogP contribution is -2.56. The predicted octanol–water partition coefficient (Wildman–Crippen LogP) is 7.06. The van der Waals surface area contributed by atoms with Gasteiger partial charge in [-0.05, 0) is 82.7 Å². The summed E-state index contributed by atoms with van der Waals surface area (Å²) in [6.45, 7) is 13.5. The van der Waals surface area contributed by atoms with Crippen molar-refractivity contribution < 1.29 is 0 Å². The van der Waals surface area contributed by atoms with Gasteiger partial charge < -0.3 is 4.57 Å². The van der Waals surface area contributed by atoms with E-state index in [0.717, 1.165) is 17.1 Å². The Morgan fingerprint density at radius 3 is 1.62 bits per heavy atom. The van der Waals surface area contributed by atoms with Crippen LogP contribution in [0.15, 0.2) is 103 Å². The quantitative estimate of drug-likeness (QED) is 0.224. The van der Waals surface area contributed by atoms with Crippen LogP contribution in [0.2, 0.25) is 0 Å². The smallest absolute Gasteiger partial charge is 0.246 e. The lowest BCUT2D eigenvalue weighted by Gasteiger charge is -2.25.